The number of thioether (sulfide) groups is 1. The molecule has 26 heavy (non-hydrogen) atoms. The number of aliphatic imine (C=N–C) groups is 1. The quantitative estimate of drug-likeness (QED) is 0.328. The van der Waals surface area contributed by atoms with Gasteiger partial charge < -0.3 is 10.2 Å². The van der Waals surface area contributed by atoms with Gasteiger partial charge in [0.2, 0.25) is 10.0 Å². The smallest absolute Gasteiger partial charge is 0.215 e. The lowest BCUT2D eigenvalue weighted by atomic mass is 10.4. The van der Waals surface area contributed by atoms with Gasteiger partial charge in [-0.15, -0.1) is 35.3 Å². The molecule has 0 amide bonds. The first-order valence-electron chi connectivity index (χ1n) is 8.38. The minimum absolute atomic E-state index is 0. The van der Waals surface area contributed by atoms with Crippen LogP contribution in [0.1, 0.15) is 17.6 Å². The van der Waals surface area contributed by atoms with Crippen LogP contribution in [0.4, 0.5) is 0 Å². The number of rotatable bonds is 7. The molecule has 0 bridgehead atoms. The minimum Gasteiger partial charge on any atom is -0.357 e. The first-order chi connectivity index (χ1) is 11.9. The monoisotopic (exact) mass is 533 g/mol. The number of thiazole rings is 1. The molecular weight excluding hydrogens is 505 g/mol. The Labute approximate surface area is 182 Å². The van der Waals surface area contributed by atoms with Crippen molar-refractivity contribution >= 4 is 63.1 Å². The Morgan fingerprint density at radius 3 is 2.69 bits per heavy atom. The summed E-state index contributed by atoms with van der Waals surface area (Å²) in [5.74, 6) is 2.51. The van der Waals surface area contributed by atoms with Gasteiger partial charge in [0.1, 0.15) is 0 Å². The van der Waals surface area contributed by atoms with Crippen LogP contribution in [0.15, 0.2) is 10.4 Å². The van der Waals surface area contributed by atoms with Crippen LogP contribution in [0.5, 0.6) is 0 Å². The number of nitrogens with zero attached hydrogens (tertiary/aromatic N) is 4. The minimum atomic E-state index is -3.22. The molecule has 1 saturated heterocycles. The number of sulfonamides is 1. The van der Waals surface area contributed by atoms with E-state index in [1.807, 2.05) is 31.2 Å². The number of aromatic nitrogens is 1. The summed E-state index contributed by atoms with van der Waals surface area (Å²) in [5.41, 5.74) is 0.994. The number of halogens is 1. The van der Waals surface area contributed by atoms with Gasteiger partial charge >= 0.3 is 0 Å². The highest BCUT2D eigenvalue weighted by atomic mass is 127. The molecule has 2 heterocycles. The van der Waals surface area contributed by atoms with Gasteiger partial charge in [-0.1, -0.05) is 0 Å². The summed E-state index contributed by atoms with van der Waals surface area (Å²) in [6.07, 6.45) is 0. The molecule has 0 unspecified atom stereocenters. The Morgan fingerprint density at radius 1 is 1.42 bits per heavy atom. The van der Waals surface area contributed by atoms with Crippen molar-refractivity contribution < 1.29 is 8.42 Å². The van der Waals surface area contributed by atoms with Crippen LogP contribution in [0.3, 0.4) is 0 Å². The average molecular weight is 534 g/mol. The molecule has 1 N–H and O–H groups in total. The van der Waals surface area contributed by atoms with Gasteiger partial charge in [0.25, 0.3) is 0 Å². The van der Waals surface area contributed by atoms with E-state index in [1.54, 1.807) is 27.4 Å². The van der Waals surface area contributed by atoms with Crippen molar-refractivity contribution in [2.24, 2.45) is 4.99 Å². The van der Waals surface area contributed by atoms with Crippen molar-refractivity contribution in [1.29, 1.82) is 0 Å². The van der Waals surface area contributed by atoms with Gasteiger partial charge in [-0.25, -0.2) is 17.7 Å². The normalized spacial score (nSPS) is 16.2. The number of guanidine groups is 1. The van der Waals surface area contributed by atoms with Crippen LogP contribution >= 0.6 is 47.1 Å². The summed E-state index contributed by atoms with van der Waals surface area (Å²) < 4.78 is 26.4. The summed E-state index contributed by atoms with van der Waals surface area (Å²) in [6.45, 7) is 6.84. The third kappa shape index (κ3) is 7.49. The first-order valence-corrected chi connectivity index (χ1v) is 12.0. The molecule has 0 aliphatic carbocycles. The van der Waals surface area contributed by atoms with Crippen molar-refractivity contribution in [3.63, 3.8) is 0 Å². The fourth-order valence-corrected chi connectivity index (χ4v) is 5.55. The molecule has 1 fully saturated rings. The zero-order chi connectivity index (χ0) is 18.3. The fourth-order valence-electron chi connectivity index (χ4n) is 2.49. The zero-order valence-electron chi connectivity index (χ0n) is 15.5. The molecule has 1 aromatic heterocycles. The predicted molar refractivity (Wildman–Crippen MR) is 122 cm³/mol. The van der Waals surface area contributed by atoms with Crippen molar-refractivity contribution in [3.05, 3.63) is 16.1 Å². The summed E-state index contributed by atoms with van der Waals surface area (Å²) in [7, 11) is -1.28. The molecule has 150 valence electrons. The predicted octanol–water partition coefficient (Wildman–Crippen LogP) is 1.85. The lowest BCUT2D eigenvalue weighted by Gasteiger charge is -2.25. The van der Waals surface area contributed by atoms with E-state index in [0.29, 0.717) is 25.6 Å². The Morgan fingerprint density at radius 2 is 2.12 bits per heavy atom. The molecule has 1 aromatic rings. The van der Waals surface area contributed by atoms with Crippen molar-refractivity contribution in [2.45, 2.75) is 20.4 Å². The number of aryl methyl sites for hydroxylation is 1. The Kier molecular flexibility index (Phi) is 10.7. The molecule has 2 rings (SSSR count). The van der Waals surface area contributed by atoms with E-state index in [1.165, 1.54) is 0 Å². The maximum Gasteiger partial charge on any atom is 0.215 e. The lowest BCUT2D eigenvalue weighted by molar-refractivity contribution is 0.443. The van der Waals surface area contributed by atoms with E-state index in [2.05, 4.69) is 15.3 Å². The number of hydrogen-bond acceptors (Lipinski definition) is 6. The first kappa shape index (κ1) is 23.9. The van der Waals surface area contributed by atoms with E-state index >= 15 is 0 Å². The molecule has 0 atom stereocenters. The number of hydrogen-bond donors (Lipinski definition) is 1. The van der Waals surface area contributed by atoms with Crippen molar-refractivity contribution in [2.75, 3.05) is 50.5 Å². The van der Waals surface area contributed by atoms with E-state index < -0.39 is 10.0 Å². The van der Waals surface area contributed by atoms with E-state index in [4.69, 9.17) is 0 Å². The SMILES string of the molecule is CCNC(=NCCS(=O)(=O)N1CCSCC1)N(C)Cc1csc(C)n1.I. The maximum absolute atomic E-state index is 12.4. The van der Waals surface area contributed by atoms with E-state index in [-0.39, 0.29) is 36.3 Å². The second-order valence-electron chi connectivity index (χ2n) is 5.78. The summed E-state index contributed by atoms with van der Waals surface area (Å²) >= 11 is 3.43. The second kappa shape index (κ2) is 11.7. The third-order valence-electron chi connectivity index (χ3n) is 3.74. The number of nitrogens with one attached hydrogen (secondary N) is 1. The van der Waals surface area contributed by atoms with Gasteiger partial charge in [-0.3, -0.25) is 4.99 Å². The molecule has 0 saturated carbocycles. The topological polar surface area (TPSA) is 77.9 Å². The summed E-state index contributed by atoms with van der Waals surface area (Å²) in [4.78, 5) is 10.9. The molecule has 0 radical (unpaired) electrons. The molecular formula is C15H28IN5O2S3. The zero-order valence-corrected chi connectivity index (χ0v) is 20.3. The van der Waals surface area contributed by atoms with Crippen LogP contribution in [0.25, 0.3) is 0 Å². The van der Waals surface area contributed by atoms with Crippen LogP contribution in [0, 0.1) is 6.92 Å². The summed E-state index contributed by atoms with van der Waals surface area (Å²) in [6, 6.07) is 0. The Balaban J connectivity index is 0.00000338. The van der Waals surface area contributed by atoms with Crippen molar-refractivity contribution in [1.82, 2.24) is 19.5 Å². The highest BCUT2D eigenvalue weighted by molar-refractivity contribution is 14.0. The largest absolute Gasteiger partial charge is 0.357 e. The molecule has 0 spiro atoms. The molecule has 11 heteroatoms. The molecule has 1 aliphatic heterocycles. The fraction of sp³-hybridized carbons (Fsp3) is 0.733. The Hall–Kier alpha value is -0.110. The van der Waals surface area contributed by atoms with Crippen LogP contribution < -0.4 is 5.32 Å². The highest BCUT2D eigenvalue weighted by Gasteiger charge is 2.23. The summed E-state index contributed by atoms with van der Waals surface area (Å²) in [5, 5.41) is 6.29. The van der Waals surface area contributed by atoms with Crippen molar-refractivity contribution in [3.8, 4) is 0 Å². The highest BCUT2D eigenvalue weighted by Crippen LogP contribution is 2.13. The lowest BCUT2D eigenvalue weighted by Crippen LogP contribution is -2.41. The van der Waals surface area contributed by atoms with Gasteiger partial charge in [-0.2, -0.15) is 11.8 Å². The standard InChI is InChI=1S/C15H27N5O2S3.HI/c1-4-16-15(19(3)11-14-12-24-13(2)18-14)17-5-10-25(21,22)20-6-8-23-9-7-20;/h12H,4-11H2,1-3H3,(H,16,17);1H. The van der Waals surface area contributed by atoms with Gasteiger partial charge in [0, 0.05) is 43.6 Å². The van der Waals surface area contributed by atoms with Crippen LogP contribution in [-0.2, 0) is 16.6 Å². The van der Waals surface area contributed by atoms with E-state index in [0.717, 1.165) is 28.8 Å². The van der Waals surface area contributed by atoms with Gasteiger partial charge in [0.05, 0.1) is 29.5 Å². The third-order valence-corrected chi connectivity index (χ3v) is 7.35. The molecule has 1 aliphatic rings. The maximum atomic E-state index is 12.4. The molecule has 0 aromatic carbocycles. The Bertz CT molecular complexity index is 675. The van der Waals surface area contributed by atoms with Crippen LogP contribution in [-0.4, -0.2) is 79.1 Å². The average Bonchev–Trinajstić information content (AvgIpc) is 2.99. The van der Waals surface area contributed by atoms with Gasteiger partial charge in [0.15, 0.2) is 5.96 Å². The second-order valence-corrected chi connectivity index (χ2v) is 10.2. The van der Waals surface area contributed by atoms with Crippen LogP contribution in [0.2, 0.25) is 0 Å². The molecule has 7 nitrogen and oxygen atoms in total. The van der Waals surface area contributed by atoms with E-state index in [9.17, 15) is 8.42 Å². The van der Waals surface area contributed by atoms with Gasteiger partial charge in [-0.05, 0) is 13.8 Å².